The van der Waals surface area contributed by atoms with E-state index in [1.807, 2.05) is 6.92 Å². The van der Waals surface area contributed by atoms with Crippen LogP contribution in [0.3, 0.4) is 0 Å². The van der Waals surface area contributed by atoms with Crippen LogP contribution in [0.15, 0.2) is 24.3 Å². The molecule has 96 valence electrons. The first-order valence-electron chi connectivity index (χ1n) is 5.93. The Morgan fingerprint density at radius 3 is 2.56 bits per heavy atom. The number of thiazole rings is 1. The van der Waals surface area contributed by atoms with Gasteiger partial charge in [0.15, 0.2) is 0 Å². The maximum Gasteiger partial charge on any atom is 0.124 e. The van der Waals surface area contributed by atoms with Crippen LogP contribution in [0.4, 0.5) is 0 Å². The van der Waals surface area contributed by atoms with Crippen LogP contribution < -0.4 is 5.73 Å². The largest absolute Gasteiger partial charge is 0.378 e. The predicted octanol–water partition coefficient (Wildman–Crippen LogP) is 3.28. The van der Waals surface area contributed by atoms with Crippen molar-refractivity contribution in [2.24, 2.45) is 5.73 Å². The molecule has 2 N–H and O–H groups in total. The Labute approximate surface area is 112 Å². The molecular weight excluding hydrogens is 244 g/mol. The lowest BCUT2D eigenvalue weighted by molar-refractivity contribution is 0.181. The quantitative estimate of drug-likeness (QED) is 0.919. The number of methoxy groups -OCH3 is 1. The smallest absolute Gasteiger partial charge is 0.124 e. The van der Waals surface area contributed by atoms with Crippen LogP contribution in [0, 0.1) is 6.92 Å². The average molecular weight is 262 g/mol. The number of aryl methyl sites for hydroxylation is 1. The number of ether oxygens (including phenoxy) is 1. The average Bonchev–Trinajstić information content (AvgIpc) is 2.75. The Kier molecular flexibility index (Phi) is 4.11. The van der Waals surface area contributed by atoms with Crippen molar-refractivity contribution in [2.45, 2.75) is 26.5 Å². The summed E-state index contributed by atoms with van der Waals surface area (Å²) in [5.41, 5.74) is 9.31. The summed E-state index contributed by atoms with van der Waals surface area (Å²) in [4.78, 5) is 5.74. The van der Waals surface area contributed by atoms with E-state index in [4.69, 9.17) is 10.5 Å². The molecule has 0 aliphatic rings. The lowest BCUT2D eigenvalue weighted by atomic mass is 10.2. The lowest BCUT2D eigenvalue weighted by Gasteiger charge is -2.03. The van der Waals surface area contributed by atoms with Crippen molar-refractivity contribution in [3.8, 4) is 10.6 Å². The molecule has 0 bridgehead atoms. The summed E-state index contributed by atoms with van der Waals surface area (Å²) in [6.45, 7) is 4.57. The molecule has 1 unspecified atom stereocenters. The molecule has 1 aromatic heterocycles. The van der Waals surface area contributed by atoms with Crippen molar-refractivity contribution in [1.29, 1.82) is 0 Å². The topological polar surface area (TPSA) is 48.1 Å². The first-order valence-corrected chi connectivity index (χ1v) is 6.74. The van der Waals surface area contributed by atoms with E-state index in [9.17, 15) is 0 Å². The molecule has 2 rings (SSSR count). The minimum Gasteiger partial charge on any atom is -0.378 e. The number of aromatic nitrogens is 1. The van der Waals surface area contributed by atoms with Crippen LogP contribution in [-0.2, 0) is 11.3 Å². The molecule has 0 spiro atoms. The number of hydrogen-bond acceptors (Lipinski definition) is 4. The van der Waals surface area contributed by atoms with Gasteiger partial charge in [0.05, 0.1) is 12.3 Å². The second-order valence-electron chi connectivity index (χ2n) is 4.42. The van der Waals surface area contributed by atoms with Crippen LogP contribution in [0.5, 0.6) is 0 Å². The molecule has 0 aliphatic carbocycles. The summed E-state index contributed by atoms with van der Waals surface area (Å²) in [6.07, 6.45) is 0. The van der Waals surface area contributed by atoms with Crippen molar-refractivity contribution < 1.29 is 4.74 Å². The van der Waals surface area contributed by atoms with E-state index < -0.39 is 0 Å². The summed E-state index contributed by atoms with van der Waals surface area (Å²) in [5.74, 6) is 0. The SMILES string of the molecule is COCc1nc(-c2ccc(C)cc2)sc1C(C)N. The first-order chi connectivity index (χ1) is 8.61. The molecule has 1 atom stereocenters. The number of rotatable bonds is 4. The van der Waals surface area contributed by atoms with E-state index in [0.717, 1.165) is 21.1 Å². The van der Waals surface area contributed by atoms with Gasteiger partial charge in [-0.15, -0.1) is 11.3 Å². The molecule has 4 heteroatoms. The standard InChI is InChI=1S/C14H18N2OS/c1-9-4-6-11(7-5-9)14-16-12(8-17-3)13(18-14)10(2)15/h4-7,10H,8,15H2,1-3H3. The molecule has 3 nitrogen and oxygen atoms in total. The third-order valence-electron chi connectivity index (χ3n) is 2.72. The normalized spacial score (nSPS) is 12.7. The highest BCUT2D eigenvalue weighted by atomic mass is 32.1. The van der Waals surface area contributed by atoms with Crippen LogP contribution >= 0.6 is 11.3 Å². The zero-order valence-electron chi connectivity index (χ0n) is 10.9. The van der Waals surface area contributed by atoms with Gasteiger partial charge in [-0.05, 0) is 13.8 Å². The zero-order chi connectivity index (χ0) is 13.1. The molecule has 0 fully saturated rings. The molecular formula is C14H18N2OS. The van der Waals surface area contributed by atoms with Crippen molar-refractivity contribution in [3.05, 3.63) is 40.4 Å². The van der Waals surface area contributed by atoms with E-state index in [1.54, 1.807) is 18.4 Å². The van der Waals surface area contributed by atoms with Gasteiger partial charge < -0.3 is 10.5 Å². The van der Waals surface area contributed by atoms with Crippen molar-refractivity contribution in [1.82, 2.24) is 4.98 Å². The van der Waals surface area contributed by atoms with E-state index in [0.29, 0.717) is 6.61 Å². The third-order valence-corrected chi connectivity index (χ3v) is 4.07. The van der Waals surface area contributed by atoms with Crippen molar-refractivity contribution in [2.75, 3.05) is 7.11 Å². The summed E-state index contributed by atoms with van der Waals surface area (Å²) < 4.78 is 5.18. The Morgan fingerprint density at radius 1 is 1.33 bits per heavy atom. The molecule has 0 amide bonds. The Bertz CT molecular complexity index is 517. The van der Waals surface area contributed by atoms with Crippen molar-refractivity contribution >= 4 is 11.3 Å². The summed E-state index contributed by atoms with van der Waals surface area (Å²) in [7, 11) is 1.68. The van der Waals surface area contributed by atoms with Crippen LogP contribution in [0.25, 0.3) is 10.6 Å². The minimum atomic E-state index is -0.00755. The van der Waals surface area contributed by atoms with E-state index in [-0.39, 0.29) is 6.04 Å². The second-order valence-corrected chi connectivity index (χ2v) is 5.45. The minimum absolute atomic E-state index is 0.00755. The van der Waals surface area contributed by atoms with Crippen molar-refractivity contribution in [3.63, 3.8) is 0 Å². The van der Waals surface area contributed by atoms with E-state index in [2.05, 4.69) is 36.2 Å². The van der Waals surface area contributed by atoms with Gasteiger partial charge in [-0.25, -0.2) is 4.98 Å². The highest BCUT2D eigenvalue weighted by molar-refractivity contribution is 7.15. The second kappa shape index (κ2) is 5.61. The fourth-order valence-corrected chi connectivity index (χ4v) is 2.81. The Hall–Kier alpha value is -1.23. The van der Waals surface area contributed by atoms with E-state index in [1.165, 1.54) is 5.56 Å². The van der Waals surface area contributed by atoms with Gasteiger partial charge in [0, 0.05) is 23.6 Å². The number of benzene rings is 1. The first kappa shape index (κ1) is 13.2. The van der Waals surface area contributed by atoms with Crippen LogP contribution in [0.1, 0.15) is 29.1 Å². The lowest BCUT2D eigenvalue weighted by Crippen LogP contribution is -2.06. The fraction of sp³-hybridized carbons (Fsp3) is 0.357. The summed E-state index contributed by atoms with van der Waals surface area (Å²) in [6, 6.07) is 8.37. The van der Waals surface area contributed by atoms with Gasteiger partial charge in [0.25, 0.3) is 0 Å². The Balaban J connectivity index is 2.39. The van der Waals surface area contributed by atoms with E-state index >= 15 is 0 Å². The van der Waals surface area contributed by atoms with Gasteiger partial charge in [0.2, 0.25) is 0 Å². The Morgan fingerprint density at radius 2 is 2.00 bits per heavy atom. The predicted molar refractivity (Wildman–Crippen MR) is 75.6 cm³/mol. The third kappa shape index (κ3) is 2.77. The molecule has 0 saturated carbocycles. The van der Waals surface area contributed by atoms with Gasteiger partial charge in [-0.2, -0.15) is 0 Å². The molecule has 1 heterocycles. The number of hydrogen-bond donors (Lipinski definition) is 1. The van der Waals surface area contributed by atoms with Gasteiger partial charge >= 0.3 is 0 Å². The molecule has 2 aromatic rings. The zero-order valence-corrected chi connectivity index (χ0v) is 11.8. The molecule has 0 radical (unpaired) electrons. The number of nitrogens with two attached hydrogens (primary N) is 1. The molecule has 18 heavy (non-hydrogen) atoms. The molecule has 1 aromatic carbocycles. The number of nitrogens with zero attached hydrogens (tertiary/aromatic N) is 1. The van der Waals surface area contributed by atoms with Gasteiger partial charge in [0.1, 0.15) is 5.01 Å². The highest BCUT2D eigenvalue weighted by Crippen LogP contribution is 2.31. The summed E-state index contributed by atoms with van der Waals surface area (Å²) >= 11 is 1.65. The van der Waals surface area contributed by atoms with Gasteiger partial charge in [-0.3, -0.25) is 0 Å². The highest BCUT2D eigenvalue weighted by Gasteiger charge is 2.15. The monoisotopic (exact) mass is 262 g/mol. The van der Waals surface area contributed by atoms with Gasteiger partial charge in [-0.1, -0.05) is 29.8 Å². The summed E-state index contributed by atoms with van der Waals surface area (Å²) in [5, 5.41) is 1.01. The molecule has 0 aliphatic heterocycles. The maximum atomic E-state index is 5.98. The molecule has 0 saturated heterocycles. The fourth-order valence-electron chi connectivity index (χ4n) is 1.78. The van der Waals surface area contributed by atoms with Crippen LogP contribution in [-0.4, -0.2) is 12.1 Å². The van der Waals surface area contributed by atoms with Crippen LogP contribution in [0.2, 0.25) is 0 Å². The maximum absolute atomic E-state index is 5.98.